The van der Waals surface area contributed by atoms with Crippen molar-refractivity contribution in [2.24, 2.45) is 0 Å². The second kappa shape index (κ2) is 6.74. The number of hydrogen-bond acceptors (Lipinski definition) is 6. The van der Waals surface area contributed by atoms with Gasteiger partial charge in [0.2, 0.25) is 16.9 Å². The number of aromatic nitrogens is 5. The second-order valence-corrected chi connectivity index (χ2v) is 6.12. The fourth-order valence-corrected chi connectivity index (χ4v) is 2.58. The molecular formula is C15H14FN5OS. The highest BCUT2D eigenvalue weighted by Crippen LogP contribution is 2.31. The van der Waals surface area contributed by atoms with E-state index in [0.717, 1.165) is 5.56 Å². The van der Waals surface area contributed by atoms with Crippen molar-refractivity contribution in [2.75, 3.05) is 0 Å². The first-order valence-electron chi connectivity index (χ1n) is 6.93. The Morgan fingerprint density at radius 1 is 1.22 bits per heavy atom. The Bertz CT molecular complexity index is 811. The predicted molar refractivity (Wildman–Crippen MR) is 85.0 cm³/mol. The summed E-state index contributed by atoms with van der Waals surface area (Å²) in [7, 11) is 0. The minimum atomic E-state index is -0.259. The Labute approximate surface area is 136 Å². The summed E-state index contributed by atoms with van der Waals surface area (Å²) in [6.45, 7) is 3.70. The molecule has 3 rings (SSSR count). The van der Waals surface area contributed by atoms with Crippen molar-refractivity contribution in [1.29, 1.82) is 0 Å². The highest BCUT2D eigenvalue weighted by atomic mass is 32.2. The van der Waals surface area contributed by atoms with Gasteiger partial charge in [0.25, 0.3) is 0 Å². The molecule has 0 amide bonds. The molecule has 0 saturated carbocycles. The minimum absolute atomic E-state index is 0.0408. The molecule has 0 bridgehead atoms. The number of rotatable bonds is 5. The van der Waals surface area contributed by atoms with Crippen LogP contribution in [-0.2, 0) is 0 Å². The lowest BCUT2D eigenvalue weighted by Crippen LogP contribution is -1.89. The Kier molecular flexibility index (Phi) is 4.52. The first-order valence-corrected chi connectivity index (χ1v) is 7.81. The maximum atomic E-state index is 12.8. The topological polar surface area (TPSA) is 80.5 Å². The van der Waals surface area contributed by atoms with Crippen LogP contribution in [0.2, 0.25) is 0 Å². The molecule has 0 aliphatic heterocycles. The molecular weight excluding hydrogens is 317 g/mol. The zero-order valence-corrected chi connectivity index (χ0v) is 13.3. The van der Waals surface area contributed by atoms with Crippen LogP contribution in [0.4, 0.5) is 4.39 Å². The third-order valence-electron chi connectivity index (χ3n) is 2.96. The minimum Gasteiger partial charge on any atom is -0.424 e. The fraction of sp³-hybridized carbons (Fsp3) is 0.200. The van der Waals surface area contributed by atoms with Crippen LogP contribution < -0.4 is 0 Å². The molecule has 6 nitrogen and oxygen atoms in total. The molecule has 2 heterocycles. The number of nitrogens with one attached hydrogen (secondary N) is 1. The summed E-state index contributed by atoms with van der Waals surface area (Å²) in [6, 6.07) is 6.21. The van der Waals surface area contributed by atoms with Crippen molar-refractivity contribution in [1.82, 2.24) is 25.4 Å². The summed E-state index contributed by atoms with van der Waals surface area (Å²) in [5, 5.41) is 15.3. The van der Waals surface area contributed by atoms with E-state index in [1.807, 2.05) is 13.0 Å². The van der Waals surface area contributed by atoms with Crippen LogP contribution in [0.25, 0.3) is 12.2 Å². The van der Waals surface area contributed by atoms with Gasteiger partial charge in [-0.25, -0.2) is 9.37 Å². The number of aryl methyl sites for hydroxylation is 1. The lowest BCUT2D eigenvalue weighted by molar-refractivity contribution is 0.470. The van der Waals surface area contributed by atoms with E-state index in [4.69, 9.17) is 4.42 Å². The average molecular weight is 331 g/mol. The molecule has 3 aromatic rings. The predicted octanol–water partition coefficient (Wildman–Crippen LogP) is 3.66. The normalized spacial score (nSPS) is 12.8. The standard InChI is InChI=1S/C15H14FN5OS/c1-9(14-20-18-10(2)22-14)23-15-17-13(19-21-15)8-5-11-3-6-12(16)7-4-11/h3-9H,1-2H3,(H,17,19,21)/b8-5+. The van der Waals surface area contributed by atoms with E-state index >= 15 is 0 Å². The number of H-pyrrole nitrogens is 1. The molecule has 1 aromatic carbocycles. The molecule has 118 valence electrons. The first-order chi connectivity index (χ1) is 11.1. The zero-order chi connectivity index (χ0) is 16.2. The summed E-state index contributed by atoms with van der Waals surface area (Å²) in [6.07, 6.45) is 3.62. The Morgan fingerprint density at radius 2 is 2.00 bits per heavy atom. The molecule has 1 atom stereocenters. The van der Waals surface area contributed by atoms with Gasteiger partial charge in [0.15, 0.2) is 0 Å². The Morgan fingerprint density at radius 3 is 2.70 bits per heavy atom. The van der Waals surface area contributed by atoms with Gasteiger partial charge in [-0.05, 0) is 30.7 Å². The lowest BCUT2D eigenvalue weighted by Gasteiger charge is -2.01. The van der Waals surface area contributed by atoms with Gasteiger partial charge in [0, 0.05) is 6.92 Å². The summed E-state index contributed by atoms with van der Waals surface area (Å²) >= 11 is 1.42. The maximum absolute atomic E-state index is 12.8. The molecule has 0 aliphatic rings. The van der Waals surface area contributed by atoms with Gasteiger partial charge in [0.05, 0.1) is 5.25 Å². The number of thioether (sulfide) groups is 1. The van der Waals surface area contributed by atoms with E-state index in [2.05, 4.69) is 25.4 Å². The quantitative estimate of drug-likeness (QED) is 0.719. The highest BCUT2D eigenvalue weighted by molar-refractivity contribution is 7.99. The lowest BCUT2D eigenvalue weighted by atomic mass is 10.2. The van der Waals surface area contributed by atoms with Gasteiger partial charge in [0.1, 0.15) is 11.6 Å². The molecule has 1 unspecified atom stereocenters. The largest absolute Gasteiger partial charge is 0.424 e. The summed E-state index contributed by atoms with van der Waals surface area (Å²) in [5.41, 5.74) is 0.881. The van der Waals surface area contributed by atoms with E-state index in [-0.39, 0.29) is 11.1 Å². The molecule has 2 aromatic heterocycles. The summed E-state index contributed by atoms with van der Waals surface area (Å²) in [5.74, 6) is 1.43. The molecule has 1 N–H and O–H groups in total. The van der Waals surface area contributed by atoms with Crippen LogP contribution >= 0.6 is 11.8 Å². The third-order valence-corrected chi connectivity index (χ3v) is 3.91. The van der Waals surface area contributed by atoms with Crippen LogP contribution in [0.1, 0.15) is 35.3 Å². The van der Waals surface area contributed by atoms with Gasteiger partial charge in [-0.2, -0.15) is 0 Å². The van der Waals surface area contributed by atoms with Crippen LogP contribution in [0.3, 0.4) is 0 Å². The van der Waals surface area contributed by atoms with Crippen molar-refractivity contribution in [3.05, 3.63) is 53.3 Å². The number of halogens is 1. The smallest absolute Gasteiger partial charge is 0.229 e. The molecule has 0 aliphatic carbocycles. The number of benzene rings is 1. The van der Waals surface area contributed by atoms with E-state index in [1.165, 1.54) is 23.9 Å². The Balaban J connectivity index is 1.64. The summed E-state index contributed by atoms with van der Waals surface area (Å²) < 4.78 is 18.2. The van der Waals surface area contributed by atoms with Gasteiger partial charge in [-0.3, -0.25) is 5.10 Å². The highest BCUT2D eigenvalue weighted by Gasteiger charge is 2.16. The molecule has 0 saturated heterocycles. The van der Waals surface area contributed by atoms with Crippen LogP contribution in [0.15, 0.2) is 33.8 Å². The van der Waals surface area contributed by atoms with E-state index in [0.29, 0.717) is 22.8 Å². The molecule has 0 spiro atoms. The fourth-order valence-electron chi connectivity index (χ4n) is 1.82. The molecule has 0 fully saturated rings. The van der Waals surface area contributed by atoms with Crippen molar-refractivity contribution in [2.45, 2.75) is 24.3 Å². The van der Waals surface area contributed by atoms with Gasteiger partial charge < -0.3 is 4.42 Å². The Hall–Kier alpha value is -2.48. The van der Waals surface area contributed by atoms with Crippen LogP contribution in [0, 0.1) is 12.7 Å². The van der Waals surface area contributed by atoms with E-state index in [9.17, 15) is 4.39 Å². The van der Waals surface area contributed by atoms with Crippen molar-refractivity contribution < 1.29 is 8.81 Å². The molecule has 23 heavy (non-hydrogen) atoms. The first kappa shape index (κ1) is 15.4. The van der Waals surface area contributed by atoms with E-state index < -0.39 is 0 Å². The van der Waals surface area contributed by atoms with Crippen molar-refractivity contribution in [3.8, 4) is 0 Å². The average Bonchev–Trinajstić information content (AvgIpc) is 3.16. The van der Waals surface area contributed by atoms with Gasteiger partial charge >= 0.3 is 0 Å². The van der Waals surface area contributed by atoms with Gasteiger partial charge in [-0.1, -0.05) is 30.0 Å². The monoisotopic (exact) mass is 331 g/mol. The van der Waals surface area contributed by atoms with Crippen molar-refractivity contribution in [3.63, 3.8) is 0 Å². The molecule has 8 heteroatoms. The van der Waals surface area contributed by atoms with Crippen LogP contribution in [-0.4, -0.2) is 25.4 Å². The number of aromatic amines is 1. The second-order valence-electron chi connectivity index (χ2n) is 4.81. The number of nitrogens with zero attached hydrogens (tertiary/aromatic N) is 4. The summed E-state index contributed by atoms with van der Waals surface area (Å²) in [4.78, 5) is 4.36. The van der Waals surface area contributed by atoms with E-state index in [1.54, 1.807) is 25.1 Å². The molecule has 0 radical (unpaired) electrons. The maximum Gasteiger partial charge on any atom is 0.229 e. The van der Waals surface area contributed by atoms with Crippen molar-refractivity contribution >= 4 is 23.9 Å². The third kappa shape index (κ3) is 4.04. The SMILES string of the molecule is Cc1nnc(C(C)Sc2n[nH]c(/C=C/c3ccc(F)cc3)n2)o1. The van der Waals surface area contributed by atoms with Gasteiger partial charge in [-0.15, -0.1) is 15.3 Å². The zero-order valence-electron chi connectivity index (χ0n) is 12.5. The number of hydrogen-bond donors (Lipinski definition) is 1. The van der Waals surface area contributed by atoms with Crippen LogP contribution in [0.5, 0.6) is 0 Å².